The number of primary amides is 2. The second-order valence-electron chi connectivity index (χ2n) is 2.92. The Morgan fingerprint density at radius 3 is 1.82 bits per heavy atom. The van der Waals surface area contributed by atoms with Gasteiger partial charge in [-0.05, 0) is 5.92 Å². The molecule has 2 amide bonds. The van der Waals surface area contributed by atoms with E-state index in [1.807, 2.05) is 13.8 Å². The molecule has 0 aromatic carbocycles. The molecule has 64 valence electrons. The molecule has 4 nitrogen and oxygen atoms in total. The quantitative estimate of drug-likeness (QED) is 0.584. The summed E-state index contributed by atoms with van der Waals surface area (Å²) in [6, 6.07) is 0. The molecule has 0 aliphatic rings. The largest absolute Gasteiger partial charge is 0.370 e. The minimum Gasteiger partial charge on any atom is -0.370 e. The van der Waals surface area contributed by atoms with Gasteiger partial charge in [0.25, 0.3) is 0 Å². The Hall–Kier alpha value is -1.06. The molecule has 0 fully saturated rings. The summed E-state index contributed by atoms with van der Waals surface area (Å²) in [4.78, 5) is 21.1. The van der Waals surface area contributed by atoms with E-state index >= 15 is 0 Å². The average molecular weight is 158 g/mol. The number of carbonyl (C=O) groups is 2. The van der Waals surface area contributed by atoms with Crippen LogP contribution < -0.4 is 11.5 Å². The predicted octanol–water partition coefficient (Wildman–Crippen LogP) is -0.381. The van der Waals surface area contributed by atoms with Gasteiger partial charge in [-0.15, -0.1) is 0 Å². The molecular weight excluding hydrogens is 144 g/mol. The third-order valence-corrected chi connectivity index (χ3v) is 1.59. The summed E-state index contributed by atoms with van der Waals surface area (Å²) in [5.74, 6) is -1.30. The molecule has 0 aromatic rings. The molecule has 1 unspecified atom stereocenters. The zero-order chi connectivity index (χ0) is 9.02. The Kier molecular flexibility index (Phi) is 3.57. The van der Waals surface area contributed by atoms with E-state index in [2.05, 4.69) is 0 Å². The lowest BCUT2D eigenvalue weighted by Gasteiger charge is -2.14. The van der Waals surface area contributed by atoms with Crippen LogP contribution >= 0.6 is 0 Å². The molecule has 0 rings (SSSR count). The van der Waals surface area contributed by atoms with Crippen molar-refractivity contribution in [1.82, 2.24) is 0 Å². The van der Waals surface area contributed by atoms with Gasteiger partial charge in [-0.25, -0.2) is 0 Å². The number of rotatable bonds is 4. The lowest BCUT2D eigenvalue weighted by atomic mass is 9.92. The summed E-state index contributed by atoms with van der Waals surface area (Å²) < 4.78 is 0. The third-order valence-electron chi connectivity index (χ3n) is 1.59. The van der Waals surface area contributed by atoms with Crippen LogP contribution in [0.2, 0.25) is 0 Å². The van der Waals surface area contributed by atoms with Crippen molar-refractivity contribution in [1.29, 1.82) is 0 Å². The molecule has 0 spiro atoms. The van der Waals surface area contributed by atoms with Gasteiger partial charge in [0.05, 0.1) is 0 Å². The Morgan fingerprint density at radius 2 is 1.73 bits per heavy atom. The summed E-state index contributed by atoms with van der Waals surface area (Å²) >= 11 is 0. The van der Waals surface area contributed by atoms with Crippen LogP contribution in [0, 0.1) is 11.8 Å². The molecule has 11 heavy (non-hydrogen) atoms. The standard InChI is InChI=1S/C7H14N2O2/c1-4(2)5(7(9)11)3-6(8)10/h4-5H,3H2,1-2H3,(H2,8,10)(H2,9,11). The first-order valence-corrected chi connectivity index (χ1v) is 3.52. The first-order valence-electron chi connectivity index (χ1n) is 3.52. The minimum absolute atomic E-state index is 0.0486. The maximum atomic E-state index is 10.7. The van der Waals surface area contributed by atoms with Crippen LogP contribution in [0.5, 0.6) is 0 Å². The van der Waals surface area contributed by atoms with Crippen LogP contribution in [0.4, 0.5) is 0 Å². The van der Waals surface area contributed by atoms with Crippen LogP contribution in [0.3, 0.4) is 0 Å². The molecule has 4 N–H and O–H groups in total. The van der Waals surface area contributed by atoms with Crippen molar-refractivity contribution in [3.63, 3.8) is 0 Å². The van der Waals surface area contributed by atoms with Gasteiger partial charge in [0.2, 0.25) is 11.8 Å². The van der Waals surface area contributed by atoms with E-state index in [0.717, 1.165) is 0 Å². The van der Waals surface area contributed by atoms with Gasteiger partial charge in [0, 0.05) is 12.3 Å². The van der Waals surface area contributed by atoms with Gasteiger partial charge in [0.15, 0.2) is 0 Å². The van der Waals surface area contributed by atoms with E-state index < -0.39 is 17.7 Å². The van der Waals surface area contributed by atoms with Crippen LogP contribution in [0.1, 0.15) is 20.3 Å². The van der Waals surface area contributed by atoms with Crippen molar-refractivity contribution in [3.05, 3.63) is 0 Å². The fourth-order valence-corrected chi connectivity index (χ4v) is 0.882. The van der Waals surface area contributed by atoms with Gasteiger partial charge >= 0.3 is 0 Å². The van der Waals surface area contributed by atoms with Crippen molar-refractivity contribution < 1.29 is 9.59 Å². The number of hydrogen-bond donors (Lipinski definition) is 2. The molecule has 0 aromatic heterocycles. The zero-order valence-electron chi connectivity index (χ0n) is 6.83. The lowest BCUT2D eigenvalue weighted by molar-refractivity contribution is -0.128. The highest BCUT2D eigenvalue weighted by Crippen LogP contribution is 2.13. The van der Waals surface area contributed by atoms with E-state index in [9.17, 15) is 9.59 Å². The normalized spacial score (nSPS) is 13.0. The van der Waals surface area contributed by atoms with Crippen molar-refractivity contribution in [2.45, 2.75) is 20.3 Å². The number of hydrogen-bond acceptors (Lipinski definition) is 2. The maximum Gasteiger partial charge on any atom is 0.221 e. The number of amides is 2. The van der Waals surface area contributed by atoms with Crippen LogP contribution in [0.15, 0.2) is 0 Å². The predicted molar refractivity (Wildman–Crippen MR) is 41.3 cm³/mol. The van der Waals surface area contributed by atoms with Crippen LogP contribution in [-0.4, -0.2) is 11.8 Å². The SMILES string of the molecule is CC(C)C(CC(N)=O)C(N)=O. The van der Waals surface area contributed by atoms with Crippen molar-refractivity contribution >= 4 is 11.8 Å². The molecule has 0 saturated carbocycles. The second kappa shape index (κ2) is 3.95. The average Bonchev–Trinajstić information content (AvgIpc) is 1.81. The molecule has 0 aliphatic carbocycles. The molecule has 1 atom stereocenters. The van der Waals surface area contributed by atoms with E-state index in [1.54, 1.807) is 0 Å². The van der Waals surface area contributed by atoms with Crippen molar-refractivity contribution in [2.75, 3.05) is 0 Å². The van der Waals surface area contributed by atoms with E-state index in [-0.39, 0.29) is 12.3 Å². The second-order valence-corrected chi connectivity index (χ2v) is 2.92. The highest BCUT2D eigenvalue weighted by atomic mass is 16.2. The smallest absolute Gasteiger partial charge is 0.221 e. The topological polar surface area (TPSA) is 86.2 Å². The van der Waals surface area contributed by atoms with Gasteiger partial charge in [-0.2, -0.15) is 0 Å². The third kappa shape index (κ3) is 3.60. The summed E-state index contributed by atoms with van der Waals surface area (Å²) in [5, 5.41) is 0. The van der Waals surface area contributed by atoms with E-state index in [0.29, 0.717) is 0 Å². The highest BCUT2D eigenvalue weighted by Gasteiger charge is 2.21. The van der Waals surface area contributed by atoms with Crippen molar-refractivity contribution in [3.8, 4) is 0 Å². The number of carbonyl (C=O) groups excluding carboxylic acids is 2. The maximum absolute atomic E-state index is 10.7. The first-order chi connectivity index (χ1) is 4.95. The highest BCUT2D eigenvalue weighted by molar-refractivity contribution is 5.84. The van der Waals surface area contributed by atoms with Gasteiger partial charge < -0.3 is 11.5 Å². The van der Waals surface area contributed by atoms with Gasteiger partial charge in [-0.3, -0.25) is 9.59 Å². The Bertz CT molecular complexity index is 166. The van der Waals surface area contributed by atoms with Crippen LogP contribution in [0.25, 0.3) is 0 Å². The Labute approximate surface area is 65.9 Å². The minimum atomic E-state index is -0.484. The summed E-state index contributed by atoms with van der Waals surface area (Å²) in [6.07, 6.45) is 0.0486. The fraction of sp³-hybridized carbons (Fsp3) is 0.714. The zero-order valence-corrected chi connectivity index (χ0v) is 6.83. The van der Waals surface area contributed by atoms with Crippen LogP contribution in [-0.2, 0) is 9.59 Å². The monoisotopic (exact) mass is 158 g/mol. The molecule has 0 saturated heterocycles. The lowest BCUT2D eigenvalue weighted by Crippen LogP contribution is -2.31. The molecule has 4 heteroatoms. The molecule has 0 bridgehead atoms. The summed E-state index contributed by atoms with van der Waals surface area (Å²) in [7, 11) is 0. The molecule has 0 aliphatic heterocycles. The van der Waals surface area contributed by atoms with E-state index in [4.69, 9.17) is 11.5 Å². The van der Waals surface area contributed by atoms with Crippen molar-refractivity contribution in [2.24, 2.45) is 23.3 Å². The number of nitrogens with two attached hydrogens (primary N) is 2. The summed E-state index contributed by atoms with van der Waals surface area (Å²) in [5.41, 5.74) is 9.96. The molecular formula is C7H14N2O2. The Balaban J connectivity index is 4.12. The summed E-state index contributed by atoms with van der Waals surface area (Å²) in [6.45, 7) is 3.66. The molecule has 0 radical (unpaired) electrons. The Morgan fingerprint density at radius 1 is 1.27 bits per heavy atom. The van der Waals surface area contributed by atoms with E-state index in [1.165, 1.54) is 0 Å². The fourth-order valence-electron chi connectivity index (χ4n) is 0.882. The molecule has 0 heterocycles. The van der Waals surface area contributed by atoms with Gasteiger partial charge in [0.1, 0.15) is 0 Å². The van der Waals surface area contributed by atoms with Gasteiger partial charge in [-0.1, -0.05) is 13.8 Å². The first kappa shape index (κ1) is 9.94.